The molecule has 0 N–H and O–H groups in total. The molecule has 1 aromatic carbocycles. The molecule has 0 aromatic heterocycles. The molecule has 0 spiro atoms. The van der Waals surface area contributed by atoms with Crippen molar-refractivity contribution in [1.29, 1.82) is 0 Å². The number of rotatable bonds is 8. The lowest BCUT2D eigenvalue weighted by Gasteiger charge is -2.19. The Labute approximate surface area is 134 Å². The highest BCUT2D eigenvalue weighted by Crippen LogP contribution is 2.30. The van der Waals surface area contributed by atoms with Crippen LogP contribution in [0.1, 0.15) is 12.8 Å². The van der Waals surface area contributed by atoms with Gasteiger partial charge in [-0.1, -0.05) is 15.9 Å². The fourth-order valence-electron chi connectivity index (χ4n) is 1.87. The molecule has 0 atom stereocenters. The molecule has 1 aliphatic carbocycles. The third-order valence-corrected chi connectivity index (χ3v) is 5.79. The SMILES string of the molecule is COc1ccc(Br)cc1S(=O)(=O)N(C)CCOCC1CC1. The first-order chi connectivity index (χ1) is 9.95. The Morgan fingerprint density at radius 2 is 2.10 bits per heavy atom. The quantitative estimate of drug-likeness (QED) is 0.653. The van der Waals surface area contributed by atoms with Crippen molar-refractivity contribution in [2.45, 2.75) is 17.7 Å². The molecule has 1 saturated carbocycles. The molecule has 1 fully saturated rings. The number of likely N-dealkylation sites (N-methyl/N-ethyl adjacent to an activating group) is 1. The number of hydrogen-bond acceptors (Lipinski definition) is 4. The summed E-state index contributed by atoms with van der Waals surface area (Å²) < 4.78 is 37.8. The molecule has 118 valence electrons. The minimum Gasteiger partial charge on any atom is -0.495 e. The van der Waals surface area contributed by atoms with Gasteiger partial charge in [-0.05, 0) is 37.0 Å². The van der Waals surface area contributed by atoms with Gasteiger partial charge in [0.25, 0.3) is 0 Å². The first-order valence-corrected chi connectivity index (χ1v) is 9.06. The molecular formula is C14H20BrNO4S. The largest absolute Gasteiger partial charge is 0.495 e. The summed E-state index contributed by atoms with van der Waals surface area (Å²) in [4.78, 5) is 0.157. The Hall–Kier alpha value is -0.630. The van der Waals surface area contributed by atoms with Gasteiger partial charge in [-0.15, -0.1) is 0 Å². The molecular weight excluding hydrogens is 358 g/mol. The number of sulfonamides is 1. The van der Waals surface area contributed by atoms with Crippen LogP contribution in [0.25, 0.3) is 0 Å². The van der Waals surface area contributed by atoms with Crippen LogP contribution in [0.5, 0.6) is 5.75 Å². The summed E-state index contributed by atoms with van der Waals surface area (Å²) in [5.74, 6) is 1.01. The second kappa shape index (κ2) is 7.09. The summed E-state index contributed by atoms with van der Waals surface area (Å²) in [5.41, 5.74) is 0. The fourth-order valence-corrected chi connectivity index (χ4v) is 3.71. The third kappa shape index (κ3) is 4.42. The Morgan fingerprint density at radius 3 is 2.71 bits per heavy atom. The van der Waals surface area contributed by atoms with E-state index in [4.69, 9.17) is 9.47 Å². The molecule has 0 heterocycles. The number of halogens is 1. The molecule has 0 bridgehead atoms. The monoisotopic (exact) mass is 377 g/mol. The van der Waals surface area contributed by atoms with E-state index in [1.54, 1.807) is 25.2 Å². The standard InChI is InChI=1S/C14H20BrNO4S/c1-16(7-8-20-10-11-3-4-11)21(17,18)14-9-12(15)5-6-13(14)19-2/h5-6,9,11H,3-4,7-8,10H2,1-2H3. The van der Waals surface area contributed by atoms with Gasteiger partial charge in [0, 0.05) is 24.7 Å². The lowest BCUT2D eigenvalue weighted by atomic mass is 10.3. The predicted octanol–water partition coefficient (Wildman–Crippen LogP) is 2.50. The van der Waals surface area contributed by atoms with Crippen LogP contribution < -0.4 is 4.74 Å². The average Bonchev–Trinajstić information content (AvgIpc) is 3.27. The molecule has 7 heteroatoms. The lowest BCUT2D eigenvalue weighted by molar-refractivity contribution is 0.117. The van der Waals surface area contributed by atoms with Crippen LogP contribution >= 0.6 is 15.9 Å². The van der Waals surface area contributed by atoms with Crippen molar-refractivity contribution in [2.75, 3.05) is 33.9 Å². The van der Waals surface area contributed by atoms with Crippen molar-refractivity contribution < 1.29 is 17.9 Å². The maximum absolute atomic E-state index is 12.6. The Balaban J connectivity index is 2.03. The van der Waals surface area contributed by atoms with Gasteiger partial charge in [0.2, 0.25) is 10.0 Å². The molecule has 21 heavy (non-hydrogen) atoms. The summed E-state index contributed by atoms with van der Waals surface area (Å²) in [5, 5.41) is 0. The van der Waals surface area contributed by atoms with Gasteiger partial charge in [0.05, 0.1) is 13.7 Å². The molecule has 0 aliphatic heterocycles. The van der Waals surface area contributed by atoms with E-state index in [-0.39, 0.29) is 4.90 Å². The third-order valence-electron chi connectivity index (χ3n) is 3.41. The number of hydrogen-bond donors (Lipinski definition) is 0. The summed E-state index contributed by atoms with van der Waals surface area (Å²) in [6.07, 6.45) is 2.45. The van der Waals surface area contributed by atoms with Crippen LogP contribution in [0, 0.1) is 5.92 Å². The van der Waals surface area contributed by atoms with E-state index in [9.17, 15) is 8.42 Å². The smallest absolute Gasteiger partial charge is 0.246 e. The van der Waals surface area contributed by atoms with Gasteiger partial charge < -0.3 is 9.47 Å². The van der Waals surface area contributed by atoms with E-state index in [2.05, 4.69) is 15.9 Å². The molecule has 1 aromatic rings. The van der Waals surface area contributed by atoms with Crippen molar-refractivity contribution >= 4 is 26.0 Å². The topological polar surface area (TPSA) is 55.8 Å². The second-order valence-corrected chi connectivity index (χ2v) is 8.07. The zero-order valence-corrected chi connectivity index (χ0v) is 14.6. The van der Waals surface area contributed by atoms with Gasteiger partial charge in [0.1, 0.15) is 10.6 Å². The van der Waals surface area contributed by atoms with Crippen LogP contribution in [0.3, 0.4) is 0 Å². The van der Waals surface area contributed by atoms with Crippen LogP contribution in [0.4, 0.5) is 0 Å². The summed E-state index contributed by atoms with van der Waals surface area (Å²) in [6.45, 7) is 1.46. The molecule has 0 radical (unpaired) electrons. The highest BCUT2D eigenvalue weighted by Gasteiger charge is 2.25. The van der Waals surface area contributed by atoms with E-state index in [1.165, 1.54) is 24.3 Å². The molecule has 5 nitrogen and oxygen atoms in total. The zero-order chi connectivity index (χ0) is 15.5. The van der Waals surface area contributed by atoms with Crippen molar-refractivity contribution in [1.82, 2.24) is 4.31 Å². The van der Waals surface area contributed by atoms with Gasteiger partial charge in [0.15, 0.2) is 0 Å². The lowest BCUT2D eigenvalue weighted by Crippen LogP contribution is -2.30. The van der Waals surface area contributed by atoms with E-state index >= 15 is 0 Å². The highest BCUT2D eigenvalue weighted by molar-refractivity contribution is 9.10. The minimum atomic E-state index is -3.59. The van der Waals surface area contributed by atoms with E-state index in [1.807, 2.05) is 0 Å². The fraction of sp³-hybridized carbons (Fsp3) is 0.571. The van der Waals surface area contributed by atoms with Crippen LogP contribution in [-0.2, 0) is 14.8 Å². The minimum absolute atomic E-state index is 0.157. The maximum Gasteiger partial charge on any atom is 0.246 e. The summed E-state index contributed by atoms with van der Waals surface area (Å²) in [6, 6.07) is 4.93. The van der Waals surface area contributed by atoms with E-state index in [0.29, 0.717) is 29.3 Å². The zero-order valence-electron chi connectivity index (χ0n) is 12.2. The van der Waals surface area contributed by atoms with Crippen molar-refractivity contribution in [2.24, 2.45) is 5.92 Å². The highest BCUT2D eigenvalue weighted by atomic mass is 79.9. The van der Waals surface area contributed by atoms with E-state index in [0.717, 1.165) is 6.61 Å². The Kier molecular flexibility index (Phi) is 5.65. The van der Waals surface area contributed by atoms with Crippen LogP contribution in [0.2, 0.25) is 0 Å². The summed E-state index contributed by atoms with van der Waals surface area (Å²) >= 11 is 3.29. The first-order valence-electron chi connectivity index (χ1n) is 6.82. The van der Waals surface area contributed by atoms with Crippen molar-refractivity contribution in [3.8, 4) is 5.75 Å². The second-order valence-electron chi connectivity index (χ2n) is 5.14. The maximum atomic E-state index is 12.6. The number of ether oxygens (including phenoxy) is 2. The first kappa shape index (κ1) is 16.7. The van der Waals surface area contributed by atoms with Gasteiger partial charge in [-0.25, -0.2) is 8.42 Å². The van der Waals surface area contributed by atoms with E-state index < -0.39 is 10.0 Å². The van der Waals surface area contributed by atoms with Crippen molar-refractivity contribution in [3.05, 3.63) is 22.7 Å². The van der Waals surface area contributed by atoms with Gasteiger partial charge in [-0.3, -0.25) is 0 Å². The van der Waals surface area contributed by atoms with Crippen LogP contribution in [0.15, 0.2) is 27.6 Å². The molecule has 1 aliphatic rings. The van der Waals surface area contributed by atoms with Crippen molar-refractivity contribution in [3.63, 3.8) is 0 Å². The van der Waals surface area contributed by atoms with Gasteiger partial charge in [-0.2, -0.15) is 4.31 Å². The number of benzene rings is 1. The molecule has 0 saturated heterocycles. The number of methoxy groups -OCH3 is 1. The van der Waals surface area contributed by atoms with Gasteiger partial charge >= 0.3 is 0 Å². The average molecular weight is 378 g/mol. The molecule has 0 amide bonds. The molecule has 2 rings (SSSR count). The molecule has 0 unspecified atom stereocenters. The predicted molar refractivity (Wildman–Crippen MR) is 84.1 cm³/mol. The normalized spacial score (nSPS) is 15.4. The summed E-state index contributed by atoms with van der Waals surface area (Å²) in [7, 11) is -0.580. The van der Waals surface area contributed by atoms with Crippen LogP contribution in [-0.4, -0.2) is 46.6 Å². The Bertz CT molecular complexity index is 587. The Morgan fingerprint density at radius 1 is 1.38 bits per heavy atom. The number of nitrogens with zero attached hydrogens (tertiary/aromatic N) is 1.